The number of nitrogens with one attached hydrogen (secondary N) is 1. The summed E-state index contributed by atoms with van der Waals surface area (Å²) in [6.45, 7) is 7.52. The second-order valence-corrected chi connectivity index (χ2v) is 8.89. The van der Waals surface area contributed by atoms with Gasteiger partial charge in [-0.2, -0.15) is 0 Å². The molecule has 0 saturated carbocycles. The van der Waals surface area contributed by atoms with Gasteiger partial charge in [-0.1, -0.05) is 6.92 Å². The van der Waals surface area contributed by atoms with E-state index in [1.807, 2.05) is 4.90 Å². The lowest BCUT2D eigenvalue weighted by molar-refractivity contribution is -0.384. The van der Waals surface area contributed by atoms with E-state index in [0.29, 0.717) is 57.4 Å². The van der Waals surface area contributed by atoms with Gasteiger partial charge in [-0.25, -0.2) is 0 Å². The highest BCUT2D eigenvalue weighted by molar-refractivity contribution is 6.00. The van der Waals surface area contributed by atoms with Crippen molar-refractivity contribution in [2.45, 2.75) is 26.2 Å². The van der Waals surface area contributed by atoms with E-state index in [-0.39, 0.29) is 17.5 Å². The minimum absolute atomic E-state index is 0.0359. The molecule has 0 atom stereocenters. The molecule has 1 aromatic carbocycles. The maximum Gasteiger partial charge on any atom is 0.270 e. The molecule has 33 heavy (non-hydrogen) atoms. The van der Waals surface area contributed by atoms with Crippen molar-refractivity contribution in [1.82, 2.24) is 15.1 Å². The average molecular weight is 462 g/mol. The molecule has 0 aliphatic carbocycles. The van der Waals surface area contributed by atoms with Gasteiger partial charge < -0.3 is 19.9 Å². The highest BCUT2D eigenvalue weighted by Gasteiger charge is 2.28. The summed E-state index contributed by atoms with van der Waals surface area (Å²) in [6.07, 6.45) is 2.85. The predicted molar refractivity (Wildman–Crippen MR) is 126 cm³/mol. The summed E-state index contributed by atoms with van der Waals surface area (Å²) < 4.78 is 4.98. The summed E-state index contributed by atoms with van der Waals surface area (Å²) in [5.41, 5.74) is 1.09. The third-order valence-corrected chi connectivity index (χ3v) is 6.42. The number of ether oxygens (including phenoxy) is 1. The molecular formula is C23H35N5O5. The zero-order valence-corrected chi connectivity index (χ0v) is 19.6. The van der Waals surface area contributed by atoms with Gasteiger partial charge >= 0.3 is 0 Å². The molecule has 3 rings (SSSR count). The number of carbonyl (C=O) groups is 2. The van der Waals surface area contributed by atoms with Crippen LogP contribution in [-0.4, -0.2) is 92.6 Å². The van der Waals surface area contributed by atoms with Gasteiger partial charge in [0.15, 0.2) is 0 Å². The Morgan fingerprint density at radius 3 is 2.48 bits per heavy atom. The number of methoxy groups -OCH3 is 1. The van der Waals surface area contributed by atoms with Gasteiger partial charge in [0.25, 0.3) is 11.6 Å². The first-order valence-corrected chi connectivity index (χ1v) is 11.7. The van der Waals surface area contributed by atoms with E-state index in [2.05, 4.69) is 17.1 Å². The van der Waals surface area contributed by atoms with E-state index in [4.69, 9.17) is 4.74 Å². The van der Waals surface area contributed by atoms with Gasteiger partial charge in [-0.15, -0.1) is 0 Å². The van der Waals surface area contributed by atoms with Gasteiger partial charge in [0.2, 0.25) is 5.91 Å². The van der Waals surface area contributed by atoms with E-state index in [1.165, 1.54) is 12.1 Å². The van der Waals surface area contributed by atoms with Crippen LogP contribution >= 0.6 is 0 Å². The number of piperazine rings is 1. The number of nitro benzene ring substituents is 1. The molecule has 2 aliphatic rings. The third kappa shape index (κ3) is 6.88. The standard InChI is InChI=1S/C23H35N5O5/c1-18-6-9-26(10-7-18)21-5-4-19(28(31)32)16-20(21)23(30)27-13-11-25(12-14-27)17-22(29)24-8-3-15-33-2/h4-5,16,18H,3,6-15,17H2,1-2H3,(H,24,29). The van der Waals surface area contributed by atoms with E-state index in [9.17, 15) is 19.7 Å². The van der Waals surface area contributed by atoms with Crippen molar-refractivity contribution in [3.63, 3.8) is 0 Å². The third-order valence-electron chi connectivity index (χ3n) is 6.42. The summed E-state index contributed by atoms with van der Waals surface area (Å²) in [5.74, 6) is 0.422. The molecule has 0 bridgehead atoms. The maximum absolute atomic E-state index is 13.4. The van der Waals surface area contributed by atoms with Crippen LogP contribution in [-0.2, 0) is 9.53 Å². The van der Waals surface area contributed by atoms with Gasteiger partial charge in [-0.3, -0.25) is 24.6 Å². The van der Waals surface area contributed by atoms with Crippen LogP contribution in [0.5, 0.6) is 0 Å². The topological polar surface area (TPSA) is 108 Å². The number of hydrogen-bond acceptors (Lipinski definition) is 7. The van der Waals surface area contributed by atoms with E-state index in [0.717, 1.165) is 38.0 Å². The molecule has 182 valence electrons. The zero-order chi connectivity index (χ0) is 23.8. The summed E-state index contributed by atoms with van der Waals surface area (Å²) in [6, 6.07) is 4.61. The quantitative estimate of drug-likeness (QED) is 0.339. The smallest absolute Gasteiger partial charge is 0.270 e. The molecule has 1 aromatic rings. The number of piperidine rings is 1. The number of amides is 2. The SMILES string of the molecule is COCCCNC(=O)CN1CCN(C(=O)c2cc([N+](=O)[O-])ccc2N2CCC(C)CC2)CC1. The van der Waals surface area contributed by atoms with Crippen LogP contribution < -0.4 is 10.2 Å². The van der Waals surface area contributed by atoms with Crippen molar-refractivity contribution >= 4 is 23.2 Å². The molecule has 2 aliphatic heterocycles. The lowest BCUT2D eigenvalue weighted by Gasteiger charge is -2.36. The van der Waals surface area contributed by atoms with Crippen molar-refractivity contribution < 1.29 is 19.2 Å². The van der Waals surface area contributed by atoms with E-state index in [1.54, 1.807) is 18.1 Å². The van der Waals surface area contributed by atoms with Crippen molar-refractivity contribution in [3.8, 4) is 0 Å². The molecule has 10 heteroatoms. The van der Waals surface area contributed by atoms with Crippen LogP contribution in [0.3, 0.4) is 0 Å². The molecule has 2 heterocycles. The Morgan fingerprint density at radius 1 is 1.15 bits per heavy atom. The highest BCUT2D eigenvalue weighted by atomic mass is 16.6. The van der Waals surface area contributed by atoms with Crippen LogP contribution in [0.15, 0.2) is 18.2 Å². The zero-order valence-electron chi connectivity index (χ0n) is 19.6. The molecule has 2 fully saturated rings. The first kappa shape index (κ1) is 24.9. The van der Waals surface area contributed by atoms with Crippen LogP contribution in [0, 0.1) is 16.0 Å². The van der Waals surface area contributed by atoms with Crippen molar-refractivity contribution in [1.29, 1.82) is 0 Å². The first-order chi connectivity index (χ1) is 15.9. The average Bonchev–Trinajstić information content (AvgIpc) is 2.82. The Hall–Kier alpha value is -2.72. The summed E-state index contributed by atoms with van der Waals surface area (Å²) in [5, 5.41) is 14.2. The van der Waals surface area contributed by atoms with Crippen molar-refractivity contribution in [3.05, 3.63) is 33.9 Å². The van der Waals surface area contributed by atoms with Gasteiger partial charge in [0.05, 0.1) is 22.7 Å². The molecule has 2 amide bonds. The summed E-state index contributed by atoms with van der Waals surface area (Å²) in [7, 11) is 1.63. The largest absolute Gasteiger partial charge is 0.385 e. The minimum atomic E-state index is -0.456. The normalized spacial score (nSPS) is 17.8. The Morgan fingerprint density at radius 2 is 1.85 bits per heavy atom. The molecule has 2 saturated heterocycles. The number of rotatable bonds is 9. The summed E-state index contributed by atoms with van der Waals surface area (Å²) in [4.78, 5) is 42.3. The Bertz CT molecular complexity index is 833. The number of anilines is 1. The van der Waals surface area contributed by atoms with Crippen LogP contribution in [0.1, 0.15) is 36.5 Å². The second-order valence-electron chi connectivity index (χ2n) is 8.89. The first-order valence-electron chi connectivity index (χ1n) is 11.7. The van der Waals surface area contributed by atoms with Crippen LogP contribution in [0.25, 0.3) is 0 Å². The molecule has 0 radical (unpaired) electrons. The monoisotopic (exact) mass is 461 g/mol. The number of nitrogens with zero attached hydrogens (tertiary/aromatic N) is 4. The fourth-order valence-corrected chi connectivity index (χ4v) is 4.32. The van der Waals surface area contributed by atoms with Gasteiger partial charge in [0, 0.05) is 71.7 Å². The minimum Gasteiger partial charge on any atom is -0.385 e. The number of carbonyl (C=O) groups excluding carboxylic acids is 2. The number of benzene rings is 1. The molecule has 0 spiro atoms. The fraction of sp³-hybridized carbons (Fsp3) is 0.652. The Kier molecular flexibility index (Phi) is 9.02. The molecule has 10 nitrogen and oxygen atoms in total. The molecule has 1 N–H and O–H groups in total. The van der Waals surface area contributed by atoms with Gasteiger partial charge in [-0.05, 0) is 31.2 Å². The van der Waals surface area contributed by atoms with Crippen LogP contribution in [0.2, 0.25) is 0 Å². The van der Waals surface area contributed by atoms with Crippen molar-refractivity contribution in [2.75, 3.05) is 71.0 Å². The molecular weight excluding hydrogens is 426 g/mol. The molecule has 0 aromatic heterocycles. The lowest BCUT2D eigenvalue weighted by atomic mass is 9.97. The van der Waals surface area contributed by atoms with E-state index >= 15 is 0 Å². The lowest BCUT2D eigenvalue weighted by Crippen LogP contribution is -2.51. The Balaban J connectivity index is 1.62. The van der Waals surface area contributed by atoms with Crippen molar-refractivity contribution in [2.24, 2.45) is 5.92 Å². The predicted octanol–water partition coefficient (Wildman–Crippen LogP) is 1.74. The number of non-ortho nitro benzene ring substituents is 1. The van der Waals surface area contributed by atoms with Gasteiger partial charge in [0.1, 0.15) is 0 Å². The Labute approximate surface area is 195 Å². The van der Waals surface area contributed by atoms with E-state index < -0.39 is 4.92 Å². The highest BCUT2D eigenvalue weighted by Crippen LogP contribution is 2.30. The number of hydrogen-bond donors (Lipinski definition) is 1. The number of nitro groups is 1. The summed E-state index contributed by atoms with van der Waals surface area (Å²) >= 11 is 0. The van der Waals surface area contributed by atoms with Crippen LogP contribution in [0.4, 0.5) is 11.4 Å². The molecule has 0 unspecified atom stereocenters. The maximum atomic E-state index is 13.4. The second kappa shape index (κ2) is 11.9. The fourth-order valence-electron chi connectivity index (χ4n) is 4.32.